The van der Waals surface area contributed by atoms with Crippen molar-refractivity contribution in [3.05, 3.63) is 67.0 Å². The van der Waals surface area contributed by atoms with Crippen LogP contribution in [-0.4, -0.2) is 34.5 Å². The lowest BCUT2D eigenvalue weighted by molar-refractivity contribution is -0.115. The molecule has 0 fully saturated rings. The first-order chi connectivity index (χ1) is 14.9. The number of aromatic nitrogens is 3. The van der Waals surface area contributed by atoms with Crippen LogP contribution in [0.15, 0.2) is 76.2 Å². The Hall–Kier alpha value is -3.02. The first-order valence-electron chi connectivity index (χ1n) is 9.14. The largest absolute Gasteiger partial charge is 0.325 e. The fourth-order valence-corrected chi connectivity index (χ4v) is 5.77. The van der Waals surface area contributed by atoms with Gasteiger partial charge in [0.25, 0.3) is 10.0 Å². The Labute approximate surface area is 187 Å². The molecule has 4 rings (SSSR count). The van der Waals surface area contributed by atoms with Gasteiger partial charge in [-0.25, -0.2) is 28.1 Å². The van der Waals surface area contributed by atoms with Gasteiger partial charge in [-0.15, -0.1) is 11.3 Å². The Morgan fingerprint density at radius 3 is 2.45 bits per heavy atom. The number of thiazole rings is 1. The monoisotopic (exact) mass is 471 g/mol. The average molecular weight is 472 g/mol. The summed E-state index contributed by atoms with van der Waals surface area (Å²) in [7, 11) is -3.83. The molecule has 11 heteroatoms. The van der Waals surface area contributed by atoms with Gasteiger partial charge >= 0.3 is 0 Å². The van der Waals surface area contributed by atoms with Crippen molar-refractivity contribution in [2.75, 3.05) is 10.0 Å². The molecule has 2 aromatic heterocycles. The maximum absolute atomic E-state index is 12.6. The quantitative estimate of drug-likeness (QED) is 0.392. The van der Waals surface area contributed by atoms with Crippen molar-refractivity contribution in [2.24, 2.45) is 0 Å². The third-order valence-electron chi connectivity index (χ3n) is 4.14. The van der Waals surface area contributed by atoms with Gasteiger partial charge in [0.05, 0.1) is 20.4 Å². The first-order valence-corrected chi connectivity index (χ1v) is 12.3. The van der Waals surface area contributed by atoms with Crippen molar-refractivity contribution >= 4 is 60.9 Å². The number of anilines is 2. The SMILES string of the molecule is CC(Sc1nc2ccccc2s1)C(=O)Nc1ccc(S(=O)(=O)Nc2ncccn2)cc1. The Balaban J connectivity index is 1.39. The highest BCUT2D eigenvalue weighted by atomic mass is 32.2. The zero-order valence-electron chi connectivity index (χ0n) is 16.2. The second kappa shape index (κ2) is 9.00. The van der Waals surface area contributed by atoms with Crippen LogP contribution in [0.5, 0.6) is 0 Å². The third-order valence-corrected chi connectivity index (χ3v) is 7.72. The number of nitrogens with zero attached hydrogens (tertiary/aromatic N) is 3. The van der Waals surface area contributed by atoms with E-state index in [9.17, 15) is 13.2 Å². The van der Waals surface area contributed by atoms with Gasteiger partial charge in [-0.2, -0.15) is 0 Å². The molecule has 0 radical (unpaired) electrons. The lowest BCUT2D eigenvalue weighted by atomic mass is 10.3. The molecule has 31 heavy (non-hydrogen) atoms. The molecular formula is C20H17N5O3S3. The fourth-order valence-electron chi connectivity index (χ4n) is 2.60. The summed E-state index contributed by atoms with van der Waals surface area (Å²) < 4.78 is 29.1. The smallest absolute Gasteiger partial charge is 0.264 e. The summed E-state index contributed by atoms with van der Waals surface area (Å²) in [5, 5.41) is 2.43. The predicted molar refractivity (Wildman–Crippen MR) is 123 cm³/mol. The summed E-state index contributed by atoms with van der Waals surface area (Å²) in [5.74, 6) is -0.212. The minimum Gasteiger partial charge on any atom is -0.325 e. The van der Waals surface area contributed by atoms with Gasteiger partial charge in [-0.3, -0.25) is 4.79 Å². The number of para-hydroxylation sites is 1. The van der Waals surface area contributed by atoms with Crippen molar-refractivity contribution in [3.8, 4) is 0 Å². The summed E-state index contributed by atoms with van der Waals surface area (Å²) in [6.45, 7) is 1.80. The highest BCUT2D eigenvalue weighted by Gasteiger charge is 2.18. The van der Waals surface area contributed by atoms with Gasteiger partial charge in [-0.05, 0) is 49.4 Å². The second-order valence-electron chi connectivity index (χ2n) is 6.40. The summed E-state index contributed by atoms with van der Waals surface area (Å²) in [4.78, 5) is 24.8. The number of thioether (sulfide) groups is 1. The van der Waals surface area contributed by atoms with Crippen LogP contribution in [0.3, 0.4) is 0 Å². The van der Waals surface area contributed by atoms with Gasteiger partial charge < -0.3 is 5.32 Å². The van der Waals surface area contributed by atoms with Crippen LogP contribution >= 0.6 is 23.1 Å². The number of carbonyl (C=O) groups is 1. The second-order valence-corrected chi connectivity index (χ2v) is 10.7. The van der Waals surface area contributed by atoms with Crippen LogP contribution in [0, 0.1) is 0 Å². The molecule has 1 unspecified atom stereocenters. The zero-order chi connectivity index (χ0) is 21.8. The summed E-state index contributed by atoms with van der Waals surface area (Å²) in [6, 6.07) is 15.3. The van der Waals surface area contributed by atoms with Crippen molar-refractivity contribution in [1.82, 2.24) is 15.0 Å². The van der Waals surface area contributed by atoms with E-state index in [1.807, 2.05) is 24.3 Å². The molecule has 0 aliphatic rings. The number of fused-ring (bicyclic) bond motifs is 1. The maximum atomic E-state index is 12.6. The van der Waals surface area contributed by atoms with Crippen molar-refractivity contribution in [1.29, 1.82) is 0 Å². The number of hydrogen-bond donors (Lipinski definition) is 2. The summed E-state index contributed by atoms with van der Waals surface area (Å²) in [6.07, 6.45) is 2.88. The number of rotatable bonds is 7. The molecule has 8 nitrogen and oxygen atoms in total. The lowest BCUT2D eigenvalue weighted by Gasteiger charge is -2.11. The van der Waals surface area contributed by atoms with E-state index in [0.29, 0.717) is 5.69 Å². The van der Waals surface area contributed by atoms with Crippen molar-refractivity contribution < 1.29 is 13.2 Å². The van der Waals surface area contributed by atoms with Crippen LogP contribution in [0.2, 0.25) is 0 Å². The van der Waals surface area contributed by atoms with E-state index < -0.39 is 10.0 Å². The number of carbonyl (C=O) groups excluding carboxylic acids is 1. The first kappa shape index (κ1) is 21.2. The maximum Gasteiger partial charge on any atom is 0.264 e. The molecule has 2 N–H and O–H groups in total. The van der Waals surface area contributed by atoms with Crippen molar-refractivity contribution in [2.45, 2.75) is 21.4 Å². The number of amides is 1. The van der Waals surface area contributed by atoms with E-state index in [0.717, 1.165) is 14.6 Å². The van der Waals surface area contributed by atoms with Crippen LogP contribution in [0.25, 0.3) is 10.2 Å². The van der Waals surface area contributed by atoms with Gasteiger partial charge in [-0.1, -0.05) is 23.9 Å². The predicted octanol–water partition coefficient (Wildman–Crippen LogP) is 4.01. The van der Waals surface area contributed by atoms with Gasteiger partial charge in [0, 0.05) is 18.1 Å². The van der Waals surface area contributed by atoms with Crippen LogP contribution < -0.4 is 10.0 Å². The molecule has 0 saturated carbocycles. The molecule has 158 valence electrons. The lowest BCUT2D eigenvalue weighted by Crippen LogP contribution is -2.22. The standard InChI is InChI=1S/C20H17N5O3S3/c1-13(29-20-24-16-5-2-3-6-17(16)30-20)18(26)23-14-7-9-15(10-8-14)31(27,28)25-19-21-11-4-12-22-19/h2-13H,1H3,(H,23,26)(H,21,22,25). The Morgan fingerprint density at radius 2 is 1.74 bits per heavy atom. The molecule has 0 aliphatic carbocycles. The van der Waals surface area contributed by atoms with Crippen LogP contribution in [0.4, 0.5) is 11.6 Å². The average Bonchev–Trinajstić information content (AvgIpc) is 3.17. The molecule has 1 atom stereocenters. The third kappa shape index (κ3) is 5.19. The zero-order valence-corrected chi connectivity index (χ0v) is 18.7. The summed E-state index contributed by atoms with van der Waals surface area (Å²) in [5.41, 5.74) is 1.41. The molecule has 2 heterocycles. The number of hydrogen-bond acceptors (Lipinski definition) is 8. The molecule has 0 spiro atoms. The van der Waals surface area contributed by atoms with E-state index in [1.54, 1.807) is 24.3 Å². The number of nitrogens with one attached hydrogen (secondary N) is 2. The van der Waals surface area contributed by atoms with Gasteiger partial charge in [0.2, 0.25) is 11.9 Å². The Morgan fingerprint density at radius 1 is 1.03 bits per heavy atom. The van der Waals surface area contributed by atoms with Crippen molar-refractivity contribution in [3.63, 3.8) is 0 Å². The molecular weight excluding hydrogens is 454 g/mol. The molecule has 2 aromatic carbocycles. The van der Waals surface area contributed by atoms with E-state index in [1.165, 1.54) is 48.4 Å². The topological polar surface area (TPSA) is 114 Å². The fraction of sp³-hybridized carbons (Fsp3) is 0.100. The van der Waals surface area contributed by atoms with E-state index in [4.69, 9.17) is 0 Å². The Kier molecular flexibility index (Phi) is 6.16. The summed E-state index contributed by atoms with van der Waals surface area (Å²) >= 11 is 2.92. The van der Waals surface area contributed by atoms with Gasteiger partial charge in [0.1, 0.15) is 0 Å². The molecule has 0 bridgehead atoms. The molecule has 4 aromatic rings. The van der Waals surface area contributed by atoms with E-state index in [2.05, 4.69) is 25.0 Å². The van der Waals surface area contributed by atoms with Gasteiger partial charge in [0.15, 0.2) is 4.34 Å². The normalized spacial score (nSPS) is 12.4. The molecule has 0 saturated heterocycles. The number of sulfonamides is 1. The minimum absolute atomic E-state index is 0.0134. The molecule has 0 aliphatic heterocycles. The van der Waals surface area contributed by atoms with Crippen LogP contribution in [0.1, 0.15) is 6.92 Å². The Bertz CT molecular complexity index is 1280. The van der Waals surface area contributed by atoms with E-state index in [-0.39, 0.29) is 22.0 Å². The molecule has 1 amide bonds. The minimum atomic E-state index is -3.83. The van der Waals surface area contributed by atoms with Crippen LogP contribution in [-0.2, 0) is 14.8 Å². The highest BCUT2D eigenvalue weighted by Crippen LogP contribution is 2.32. The van der Waals surface area contributed by atoms with E-state index >= 15 is 0 Å². The number of benzene rings is 2. The highest BCUT2D eigenvalue weighted by molar-refractivity contribution is 8.02.